The van der Waals surface area contributed by atoms with Crippen molar-refractivity contribution in [3.8, 4) is 5.75 Å². The quantitative estimate of drug-likeness (QED) is 0.822. The summed E-state index contributed by atoms with van der Waals surface area (Å²) >= 11 is 0. The van der Waals surface area contributed by atoms with Crippen molar-refractivity contribution in [2.24, 2.45) is 17.8 Å². The summed E-state index contributed by atoms with van der Waals surface area (Å²) in [5, 5.41) is 2.62. The van der Waals surface area contributed by atoms with E-state index in [1.165, 1.54) is 36.6 Å². The Bertz CT molecular complexity index is 708. The molecule has 0 aliphatic heterocycles. The maximum atomic E-state index is 5.35. The topological polar surface area (TPSA) is 12.5 Å². The zero-order chi connectivity index (χ0) is 16.0. The molecule has 2 aliphatic carbocycles. The molecule has 2 aromatic carbocycles. The first-order valence-corrected chi connectivity index (χ1v) is 8.88. The average Bonchev–Trinajstić information content (AvgIpc) is 3.14. The van der Waals surface area contributed by atoms with Gasteiger partial charge in [0, 0.05) is 6.54 Å². The van der Waals surface area contributed by atoms with Crippen LogP contribution in [0.2, 0.25) is 0 Å². The lowest BCUT2D eigenvalue weighted by atomic mass is 9.75. The molecule has 2 saturated carbocycles. The number of fused-ring (bicyclic) bond motifs is 3. The average molecular weight is 309 g/mol. The van der Waals surface area contributed by atoms with Gasteiger partial charge in [0.1, 0.15) is 5.75 Å². The van der Waals surface area contributed by atoms with Gasteiger partial charge in [-0.1, -0.05) is 24.3 Å². The Kier molecular flexibility index (Phi) is 3.81. The Hall–Kier alpha value is -1.54. The summed E-state index contributed by atoms with van der Waals surface area (Å²) in [5.41, 5.74) is 1.56. The van der Waals surface area contributed by atoms with Crippen molar-refractivity contribution in [1.82, 2.24) is 4.90 Å². The molecule has 122 valence electrons. The summed E-state index contributed by atoms with van der Waals surface area (Å²) < 4.78 is 5.35. The lowest BCUT2D eigenvalue weighted by Gasteiger charge is -2.33. The third kappa shape index (κ3) is 2.63. The second kappa shape index (κ2) is 5.83. The molecule has 4 atom stereocenters. The van der Waals surface area contributed by atoms with Crippen molar-refractivity contribution in [2.75, 3.05) is 27.7 Å². The number of hydrogen-bond acceptors (Lipinski definition) is 2. The lowest BCUT2D eigenvalue weighted by molar-refractivity contribution is 0.219. The molecule has 2 nitrogen and oxygen atoms in total. The fourth-order valence-electron chi connectivity index (χ4n) is 5.19. The maximum absolute atomic E-state index is 5.35. The van der Waals surface area contributed by atoms with Crippen LogP contribution in [0.3, 0.4) is 0 Å². The standard InChI is InChI=1S/C21H27NO/c1-22(2)13-20-16-5-7-18(11-16)21(20)17-6-4-15-12-19(23-3)9-8-14(15)10-17/h4,6,8-10,12,16,18,20-21H,5,7,11,13H2,1-3H3/t16?,18?,20-,21-/m0/s1. The van der Waals surface area contributed by atoms with Gasteiger partial charge in [0.15, 0.2) is 0 Å². The smallest absolute Gasteiger partial charge is 0.119 e. The Morgan fingerprint density at radius 2 is 1.74 bits per heavy atom. The van der Waals surface area contributed by atoms with Crippen LogP contribution in [0.25, 0.3) is 10.8 Å². The zero-order valence-electron chi connectivity index (χ0n) is 14.5. The van der Waals surface area contributed by atoms with Crippen LogP contribution in [0.1, 0.15) is 30.7 Å². The highest BCUT2D eigenvalue weighted by Crippen LogP contribution is 2.56. The van der Waals surface area contributed by atoms with Crippen LogP contribution in [-0.4, -0.2) is 32.6 Å². The first-order chi connectivity index (χ1) is 11.2. The molecule has 2 heteroatoms. The highest BCUT2D eigenvalue weighted by atomic mass is 16.5. The van der Waals surface area contributed by atoms with Crippen LogP contribution in [0.5, 0.6) is 5.75 Å². The van der Waals surface area contributed by atoms with Crippen LogP contribution < -0.4 is 4.74 Å². The van der Waals surface area contributed by atoms with E-state index >= 15 is 0 Å². The third-order valence-corrected chi connectivity index (χ3v) is 6.12. The van der Waals surface area contributed by atoms with Crippen LogP contribution in [0.4, 0.5) is 0 Å². The summed E-state index contributed by atoms with van der Waals surface area (Å²) in [4.78, 5) is 2.38. The second-order valence-corrected chi connectivity index (χ2v) is 7.76. The predicted octanol–water partition coefficient (Wildman–Crippen LogP) is 4.54. The number of nitrogens with zero attached hydrogens (tertiary/aromatic N) is 1. The van der Waals surface area contributed by atoms with E-state index in [1.807, 2.05) is 0 Å². The third-order valence-electron chi connectivity index (χ3n) is 6.12. The molecule has 4 rings (SSSR count). The zero-order valence-corrected chi connectivity index (χ0v) is 14.5. The molecule has 2 fully saturated rings. The Labute approximate surface area is 139 Å². The molecule has 0 saturated heterocycles. The minimum Gasteiger partial charge on any atom is -0.497 e. The fourth-order valence-corrected chi connectivity index (χ4v) is 5.19. The Morgan fingerprint density at radius 1 is 1.00 bits per heavy atom. The SMILES string of the molecule is COc1ccc2cc([C@H]3C4CCC(C4)[C@@H]3CN(C)C)ccc2c1. The van der Waals surface area contributed by atoms with Crippen molar-refractivity contribution in [3.63, 3.8) is 0 Å². The lowest BCUT2D eigenvalue weighted by Crippen LogP contribution is -2.30. The number of hydrogen-bond donors (Lipinski definition) is 0. The second-order valence-electron chi connectivity index (χ2n) is 7.76. The van der Waals surface area contributed by atoms with Crippen LogP contribution in [-0.2, 0) is 0 Å². The number of benzene rings is 2. The summed E-state index contributed by atoms with van der Waals surface area (Å²) in [6.07, 6.45) is 4.33. The van der Waals surface area contributed by atoms with Gasteiger partial charge in [-0.3, -0.25) is 0 Å². The minimum absolute atomic E-state index is 0.752. The molecule has 0 heterocycles. The molecule has 2 bridgehead atoms. The van der Waals surface area contributed by atoms with Gasteiger partial charge in [-0.25, -0.2) is 0 Å². The van der Waals surface area contributed by atoms with E-state index in [0.29, 0.717) is 0 Å². The summed E-state index contributed by atoms with van der Waals surface area (Å²) in [6, 6.07) is 13.5. The van der Waals surface area contributed by atoms with Crippen molar-refractivity contribution in [1.29, 1.82) is 0 Å². The minimum atomic E-state index is 0.752. The molecule has 2 aliphatic rings. The van der Waals surface area contributed by atoms with Crippen molar-refractivity contribution in [3.05, 3.63) is 42.0 Å². The van der Waals surface area contributed by atoms with Gasteiger partial charge >= 0.3 is 0 Å². The highest BCUT2D eigenvalue weighted by Gasteiger charge is 2.47. The van der Waals surface area contributed by atoms with Gasteiger partial charge in [-0.2, -0.15) is 0 Å². The Balaban J connectivity index is 1.69. The van der Waals surface area contributed by atoms with E-state index in [1.54, 1.807) is 12.7 Å². The molecule has 0 amide bonds. The molecule has 0 N–H and O–H groups in total. The molecule has 2 aromatic rings. The van der Waals surface area contributed by atoms with Crippen LogP contribution >= 0.6 is 0 Å². The molecular weight excluding hydrogens is 282 g/mol. The largest absolute Gasteiger partial charge is 0.497 e. The van der Waals surface area contributed by atoms with E-state index < -0.39 is 0 Å². The Morgan fingerprint density at radius 3 is 2.52 bits per heavy atom. The van der Waals surface area contributed by atoms with E-state index in [2.05, 4.69) is 55.4 Å². The first kappa shape index (κ1) is 15.0. The van der Waals surface area contributed by atoms with Gasteiger partial charge in [-0.15, -0.1) is 0 Å². The predicted molar refractivity (Wildman–Crippen MR) is 96.1 cm³/mol. The first-order valence-electron chi connectivity index (χ1n) is 8.88. The highest BCUT2D eigenvalue weighted by molar-refractivity contribution is 5.84. The normalized spacial score (nSPS) is 29.6. The number of methoxy groups -OCH3 is 1. The van der Waals surface area contributed by atoms with Gasteiger partial charge in [0.25, 0.3) is 0 Å². The van der Waals surface area contributed by atoms with Gasteiger partial charge in [-0.05, 0) is 85.5 Å². The van der Waals surface area contributed by atoms with Gasteiger partial charge in [0.05, 0.1) is 7.11 Å². The van der Waals surface area contributed by atoms with Gasteiger partial charge < -0.3 is 9.64 Å². The number of rotatable bonds is 4. The molecule has 0 radical (unpaired) electrons. The van der Waals surface area contributed by atoms with E-state index in [9.17, 15) is 0 Å². The van der Waals surface area contributed by atoms with Crippen molar-refractivity contribution in [2.45, 2.75) is 25.2 Å². The van der Waals surface area contributed by atoms with E-state index in [0.717, 1.165) is 29.4 Å². The summed E-state index contributed by atoms with van der Waals surface area (Å²) in [6.45, 7) is 1.23. The molecular formula is C21H27NO. The summed E-state index contributed by atoms with van der Waals surface area (Å²) in [7, 11) is 6.17. The van der Waals surface area contributed by atoms with Crippen LogP contribution in [0.15, 0.2) is 36.4 Å². The van der Waals surface area contributed by atoms with Gasteiger partial charge in [0.2, 0.25) is 0 Å². The monoisotopic (exact) mass is 309 g/mol. The fraction of sp³-hybridized carbons (Fsp3) is 0.524. The van der Waals surface area contributed by atoms with Crippen molar-refractivity contribution < 1.29 is 4.74 Å². The maximum Gasteiger partial charge on any atom is 0.119 e. The van der Waals surface area contributed by atoms with E-state index in [4.69, 9.17) is 4.74 Å². The van der Waals surface area contributed by atoms with Crippen molar-refractivity contribution >= 4 is 10.8 Å². The summed E-state index contributed by atoms with van der Waals surface area (Å²) in [5.74, 6) is 4.37. The molecule has 23 heavy (non-hydrogen) atoms. The van der Waals surface area contributed by atoms with E-state index in [-0.39, 0.29) is 0 Å². The molecule has 0 aromatic heterocycles. The number of ether oxygens (including phenoxy) is 1. The molecule has 0 spiro atoms. The van der Waals surface area contributed by atoms with Crippen LogP contribution in [0, 0.1) is 17.8 Å². The molecule has 2 unspecified atom stereocenters.